The zero-order chi connectivity index (χ0) is 33.9. The van der Waals surface area contributed by atoms with Crippen molar-refractivity contribution in [2.75, 3.05) is 39.7 Å². The first-order chi connectivity index (χ1) is 23.2. The van der Waals surface area contributed by atoms with Crippen molar-refractivity contribution in [3.8, 4) is 28.4 Å². The molecule has 252 valence electrons. The summed E-state index contributed by atoms with van der Waals surface area (Å²) >= 11 is 0. The molecule has 2 atom stereocenters. The van der Waals surface area contributed by atoms with Crippen molar-refractivity contribution in [3.63, 3.8) is 0 Å². The fourth-order valence-corrected chi connectivity index (χ4v) is 7.26. The Hall–Kier alpha value is -5.06. The molecule has 1 aliphatic heterocycles. The molecule has 6 rings (SSSR count). The Bertz CT molecular complexity index is 1920. The second-order valence-electron chi connectivity index (χ2n) is 12.4. The third-order valence-corrected chi connectivity index (χ3v) is 9.49. The summed E-state index contributed by atoms with van der Waals surface area (Å²) < 4.78 is 19.3. The van der Waals surface area contributed by atoms with Gasteiger partial charge in [-0.1, -0.05) is 18.2 Å². The Labute approximate surface area is 280 Å². The van der Waals surface area contributed by atoms with Crippen molar-refractivity contribution in [3.05, 3.63) is 75.7 Å². The number of rotatable bonds is 10. The van der Waals surface area contributed by atoms with Gasteiger partial charge in [-0.3, -0.25) is 14.4 Å². The average Bonchev–Trinajstić information content (AvgIpc) is 3.62. The van der Waals surface area contributed by atoms with Crippen LogP contribution in [0, 0.1) is 0 Å². The van der Waals surface area contributed by atoms with Crippen molar-refractivity contribution in [1.29, 1.82) is 0 Å². The van der Waals surface area contributed by atoms with Crippen LogP contribution in [0.1, 0.15) is 68.1 Å². The van der Waals surface area contributed by atoms with Crippen LogP contribution < -0.4 is 30.3 Å². The van der Waals surface area contributed by atoms with E-state index >= 15 is 0 Å². The summed E-state index contributed by atoms with van der Waals surface area (Å²) in [6, 6.07) is 14.8. The van der Waals surface area contributed by atoms with Crippen LogP contribution in [0.3, 0.4) is 0 Å². The predicted octanol–water partition coefficient (Wildman–Crippen LogP) is 5.31. The molecular formula is C37H43N5O6. The maximum absolute atomic E-state index is 13.6. The number of likely N-dealkylation sites (tertiary alicyclic amines) is 1. The minimum Gasteiger partial charge on any atom is -0.493 e. The first kappa shape index (κ1) is 32.9. The molecular weight excluding hydrogens is 610 g/mol. The molecule has 0 radical (unpaired) electrons. The van der Waals surface area contributed by atoms with E-state index in [0.717, 1.165) is 46.4 Å². The molecule has 4 aromatic rings. The van der Waals surface area contributed by atoms with Gasteiger partial charge in [0.2, 0.25) is 23.0 Å². The third-order valence-electron chi connectivity index (χ3n) is 9.49. The molecule has 1 saturated heterocycles. The quantitative estimate of drug-likeness (QED) is 0.221. The summed E-state index contributed by atoms with van der Waals surface area (Å²) in [7, 11) is 6.72. The number of methoxy groups -OCH3 is 3. The molecule has 1 aromatic heterocycles. The molecule has 11 nitrogen and oxygen atoms in total. The van der Waals surface area contributed by atoms with E-state index in [0.29, 0.717) is 67.3 Å². The van der Waals surface area contributed by atoms with E-state index in [-0.39, 0.29) is 29.3 Å². The normalized spacial score (nSPS) is 16.9. The van der Waals surface area contributed by atoms with Gasteiger partial charge in [0.1, 0.15) is 5.82 Å². The maximum Gasteiger partial charge on any atom is 0.223 e. The highest BCUT2D eigenvalue weighted by Gasteiger charge is 2.33. The number of nitrogens with one attached hydrogen (secondary N) is 2. The van der Waals surface area contributed by atoms with Crippen LogP contribution in [0.4, 0.5) is 5.69 Å². The van der Waals surface area contributed by atoms with E-state index in [4.69, 9.17) is 19.2 Å². The van der Waals surface area contributed by atoms with E-state index in [9.17, 15) is 14.4 Å². The number of fused-ring (bicyclic) bond motifs is 4. The molecule has 1 fully saturated rings. The van der Waals surface area contributed by atoms with Gasteiger partial charge in [0.05, 0.1) is 50.1 Å². The lowest BCUT2D eigenvalue weighted by Gasteiger charge is -2.24. The molecule has 48 heavy (non-hydrogen) atoms. The second-order valence-corrected chi connectivity index (χ2v) is 12.4. The van der Waals surface area contributed by atoms with Crippen LogP contribution >= 0.6 is 0 Å². The standard InChI is InChI=1S/C37H43N5O6/c1-22(43)39-26-16-14-23-20-32(46-3)35(47-4)36(48-5)34(23)24-15-17-28(31(44)21-25(24)26)38-18-8-13-33(45)42-19-9-12-30(42)37-40-27-10-6-7-11-29(27)41(37)2/h6-7,10-11,15,17,20-21,26,30H,8-9,12-14,16,18-19H2,1-5H3,(H,38,44)(H,39,43). The molecule has 1 aliphatic carbocycles. The van der Waals surface area contributed by atoms with E-state index in [1.807, 2.05) is 48.3 Å². The van der Waals surface area contributed by atoms with Gasteiger partial charge < -0.3 is 34.3 Å². The third kappa shape index (κ3) is 6.16. The lowest BCUT2D eigenvalue weighted by atomic mass is 9.95. The fraction of sp³-hybridized carbons (Fsp3) is 0.405. The monoisotopic (exact) mass is 653 g/mol. The van der Waals surface area contributed by atoms with Gasteiger partial charge in [-0.25, -0.2) is 4.98 Å². The number of hydrogen-bond donors (Lipinski definition) is 2. The molecule has 3 aromatic carbocycles. The van der Waals surface area contributed by atoms with E-state index in [1.165, 1.54) is 6.92 Å². The molecule has 2 amide bonds. The number of amides is 2. The zero-order valence-electron chi connectivity index (χ0n) is 28.2. The molecule has 11 heteroatoms. The van der Waals surface area contributed by atoms with Gasteiger partial charge in [-0.15, -0.1) is 0 Å². The summed E-state index contributed by atoms with van der Waals surface area (Å²) in [4.78, 5) is 46.1. The summed E-state index contributed by atoms with van der Waals surface area (Å²) in [5, 5.41) is 6.31. The predicted molar refractivity (Wildman–Crippen MR) is 185 cm³/mol. The van der Waals surface area contributed by atoms with Crippen molar-refractivity contribution >= 4 is 28.5 Å². The first-order valence-electron chi connectivity index (χ1n) is 16.5. The van der Waals surface area contributed by atoms with Crippen LogP contribution in [0.15, 0.2) is 53.3 Å². The maximum atomic E-state index is 13.6. The van der Waals surface area contributed by atoms with E-state index < -0.39 is 0 Å². The van der Waals surface area contributed by atoms with Crippen LogP contribution in [0.5, 0.6) is 17.2 Å². The summed E-state index contributed by atoms with van der Waals surface area (Å²) in [6.07, 6.45) is 3.94. The summed E-state index contributed by atoms with van der Waals surface area (Å²) in [5.41, 5.74) is 5.42. The Balaban J connectivity index is 1.22. The number of nitrogens with zero attached hydrogens (tertiary/aromatic N) is 3. The zero-order valence-corrected chi connectivity index (χ0v) is 28.2. The Morgan fingerprint density at radius 3 is 2.52 bits per heavy atom. The highest BCUT2D eigenvalue weighted by atomic mass is 16.5. The van der Waals surface area contributed by atoms with E-state index in [2.05, 4.69) is 15.2 Å². The van der Waals surface area contributed by atoms with Gasteiger partial charge in [0.15, 0.2) is 11.5 Å². The van der Waals surface area contributed by atoms with Crippen molar-refractivity contribution < 1.29 is 23.8 Å². The highest BCUT2D eigenvalue weighted by molar-refractivity contribution is 5.84. The van der Waals surface area contributed by atoms with Gasteiger partial charge in [-0.2, -0.15) is 0 Å². The van der Waals surface area contributed by atoms with Crippen LogP contribution in [0.25, 0.3) is 22.2 Å². The van der Waals surface area contributed by atoms with Gasteiger partial charge in [-0.05, 0) is 79.1 Å². The molecule has 2 aliphatic rings. The average molecular weight is 654 g/mol. The lowest BCUT2D eigenvalue weighted by molar-refractivity contribution is -0.132. The van der Waals surface area contributed by atoms with Gasteiger partial charge in [0.25, 0.3) is 0 Å². The molecule has 2 unspecified atom stereocenters. The fourth-order valence-electron chi connectivity index (χ4n) is 7.26. The first-order valence-corrected chi connectivity index (χ1v) is 16.5. The van der Waals surface area contributed by atoms with Crippen molar-refractivity contribution in [2.24, 2.45) is 7.05 Å². The minimum absolute atomic E-state index is 0.0466. The van der Waals surface area contributed by atoms with Crippen molar-refractivity contribution in [1.82, 2.24) is 19.8 Å². The highest BCUT2D eigenvalue weighted by Crippen LogP contribution is 2.50. The number of imidazole rings is 1. The smallest absolute Gasteiger partial charge is 0.223 e. The Morgan fingerprint density at radius 1 is 1.00 bits per heavy atom. The number of ether oxygens (including phenoxy) is 3. The molecule has 0 saturated carbocycles. The van der Waals surface area contributed by atoms with E-state index in [1.54, 1.807) is 33.5 Å². The van der Waals surface area contributed by atoms with Crippen LogP contribution in [-0.2, 0) is 23.1 Å². The SMILES string of the molecule is COc1cc2c(c(OC)c1OC)-c1ccc(NCCCC(=O)N3CCCC3c3nc4ccccc4n3C)c(=O)cc1C(NC(C)=O)CC2. The second kappa shape index (κ2) is 14.0. The number of benzene rings is 2. The van der Waals surface area contributed by atoms with Crippen LogP contribution in [0.2, 0.25) is 0 Å². The number of carbonyl (C=O) groups is 2. The molecule has 2 heterocycles. The number of aryl methyl sites for hydroxylation is 2. The minimum atomic E-state index is -0.387. The topological polar surface area (TPSA) is 124 Å². The summed E-state index contributed by atoms with van der Waals surface area (Å²) in [5.74, 6) is 2.32. The lowest BCUT2D eigenvalue weighted by Crippen LogP contribution is -2.32. The number of aromatic nitrogens is 2. The molecule has 0 bridgehead atoms. The number of anilines is 1. The van der Waals surface area contributed by atoms with Gasteiger partial charge >= 0.3 is 0 Å². The summed E-state index contributed by atoms with van der Waals surface area (Å²) in [6.45, 7) is 2.63. The van der Waals surface area contributed by atoms with Gasteiger partial charge in [0, 0.05) is 39.0 Å². The molecule has 2 N–H and O–H groups in total. The number of para-hydroxylation sites is 2. The Kier molecular flexibility index (Phi) is 9.56. The van der Waals surface area contributed by atoms with Crippen molar-refractivity contribution in [2.45, 2.75) is 57.5 Å². The number of hydrogen-bond acceptors (Lipinski definition) is 8. The Morgan fingerprint density at radius 2 is 1.79 bits per heavy atom. The van der Waals surface area contributed by atoms with Crippen LogP contribution in [-0.4, -0.2) is 60.7 Å². The number of carbonyl (C=O) groups excluding carboxylic acids is 2. The molecule has 0 spiro atoms. The largest absolute Gasteiger partial charge is 0.493 e.